The van der Waals surface area contributed by atoms with E-state index >= 15 is 0 Å². The summed E-state index contributed by atoms with van der Waals surface area (Å²) in [6.07, 6.45) is -8.66. The highest BCUT2D eigenvalue weighted by molar-refractivity contribution is 5.85. The van der Waals surface area contributed by atoms with Crippen LogP contribution >= 0.6 is 24.8 Å². The highest BCUT2D eigenvalue weighted by Crippen LogP contribution is 2.33. The molecule has 27 heavy (non-hydrogen) atoms. The Kier molecular flexibility index (Phi) is 8.80. The fraction of sp³-hybridized carbons (Fsp3) is 0.267. The summed E-state index contributed by atoms with van der Waals surface area (Å²) >= 11 is 0. The van der Waals surface area contributed by atoms with Gasteiger partial charge >= 0.3 is 12.4 Å². The smallest absolute Gasteiger partial charge is 0.433 e. The molecule has 2 aromatic rings. The number of alkyl halides is 6. The predicted octanol–water partition coefficient (Wildman–Crippen LogP) is 5.18. The Morgan fingerprint density at radius 3 is 2.07 bits per heavy atom. The van der Waals surface area contributed by atoms with Crippen LogP contribution in [-0.2, 0) is 12.4 Å². The number of hydrogen-bond donors (Lipinski definition) is 1. The Balaban J connectivity index is 0.00000338. The standard InChI is InChI=1S/C15H11F7N2O.2ClH/c16-11-3-1-8(5-10(11)14(17,18)19)12(23)7-25-9-2-4-13(24-6-9)15(20,21)22;;/h1-6,12H,7,23H2;2*1H. The quantitative estimate of drug-likeness (QED) is 0.666. The molecular weight excluding hydrogens is 428 g/mol. The Morgan fingerprint density at radius 2 is 1.59 bits per heavy atom. The van der Waals surface area contributed by atoms with Gasteiger partial charge in [-0.3, -0.25) is 0 Å². The van der Waals surface area contributed by atoms with Gasteiger partial charge < -0.3 is 10.5 Å². The largest absolute Gasteiger partial charge is 0.490 e. The van der Waals surface area contributed by atoms with Crippen LogP contribution in [0.1, 0.15) is 22.9 Å². The summed E-state index contributed by atoms with van der Waals surface area (Å²) in [6, 6.07) is 2.92. The minimum absolute atomic E-state index is 0. The zero-order chi connectivity index (χ0) is 18.8. The second kappa shape index (κ2) is 9.43. The third kappa shape index (κ3) is 6.71. The van der Waals surface area contributed by atoms with E-state index in [-0.39, 0.29) is 42.7 Å². The molecule has 0 aliphatic rings. The van der Waals surface area contributed by atoms with Crippen LogP contribution in [0.5, 0.6) is 5.75 Å². The zero-order valence-corrected chi connectivity index (χ0v) is 14.8. The van der Waals surface area contributed by atoms with Crippen LogP contribution < -0.4 is 10.5 Å². The van der Waals surface area contributed by atoms with Crippen molar-refractivity contribution in [1.29, 1.82) is 0 Å². The molecule has 2 N–H and O–H groups in total. The number of aromatic nitrogens is 1. The van der Waals surface area contributed by atoms with E-state index in [2.05, 4.69) is 4.98 Å². The van der Waals surface area contributed by atoms with E-state index in [0.29, 0.717) is 18.2 Å². The number of rotatable bonds is 4. The van der Waals surface area contributed by atoms with Crippen LogP contribution in [0.15, 0.2) is 36.5 Å². The molecule has 0 radical (unpaired) electrons. The van der Waals surface area contributed by atoms with Crippen molar-refractivity contribution < 1.29 is 35.5 Å². The lowest BCUT2D eigenvalue weighted by Gasteiger charge is -2.16. The highest BCUT2D eigenvalue weighted by Gasteiger charge is 2.34. The van der Waals surface area contributed by atoms with Gasteiger partial charge in [-0.05, 0) is 29.8 Å². The predicted molar refractivity (Wildman–Crippen MR) is 87.6 cm³/mol. The second-order valence-corrected chi connectivity index (χ2v) is 5.03. The van der Waals surface area contributed by atoms with Crippen LogP contribution in [0.2, 0.25) is 0 Å². The Hall–Kier alpha value is -1.78. The van der Waals surface area contributed by atoms with E-state index in [1.54, 1.807) is 0 Å². The van der Waals surface area contributed by atoms with Gasteiger partial charge in [0.05, 0.1) is 17.8 Å². The van der Waals surface area contributed by atoms with Gasteiger partial charge in [0.1, 0.15) is 23.9 Å². The lowest BCUT2D eigenvalue weighted by molar-refractivity contribution is -0.141. The van der Waals surface area contributed by atoms with Crippen molar-refractivity contribution in [3.8, 4) is 5.75 Å². The number of nitrogens with two attached hydrogens (primary N) is 1. The molecule has 1 atom stereocenters. The van der Waals surface area contributed by atoms with Gasteiger partial charge in [0, 0.05) is 0 Å². The molecule has 152 valence electrons. The molecule has 1 heterocycles. The summed E-state index contributed by atoms with van der Waals surface area (Å²) in [5.41, 5.74) is 3.08. The lowest BCUT2D eigenvalue weighted by Crippen LogP contribution is -2.20. The minimum atomic E-state index is -4.88. The van der Waals surface area contributed by atoms with Crippen LogP contribution in [0.3, 0.4) is 0 Å². The fourth-order valence-corrected chi connectivity index (χ4v) is 1.91. The molecule has 0 saturated heterocycles. The number of benzene rings is 1. The molecular formula is C15H13Cl2F7N2O. The van der Waals surface area contributed by atoms with Crippen LogP contribution in [-0.4, -0.2) is 11.6 Å². The molecule has 3 nitrogen and oxygen atoms in total. The molecule has 0 amide bonds. The van der Waals surface area contributed by atoms with Gasteiger partial charge in [0.2, 0.25) is 0 Å². The average molecular weight is 441 g/mol. The van der Waals surface area contributed by atoms with E-state index < -0.39 is 35.5 Å². The molecule has 1 unspecified atom stereocenters. The first kappa shape index (κ1) is 25.2. The zero-order valence-electron chi connectivity index (χ0n) is 13.1. The Morgan fingerprint density at radius 1 is 0.963 bits per heavy atom. The summed E-state index contributed by atoms with van der Waals surface area (Å²) in [5, 5.41) is 0. The maximum absolute atomic E-state index is 13.2. The Bertz CT molecular complexity index is 736. The van der Waals surface area contributed by atoms with E-state index in [0.717, 1.165) is 18.3 Å². The number of nitrogens with zero attached hydrogens (tertiary/aromatic N) is 1. The van der Waals surface area contributed by atoms with Gasteiger partial charge in [-0.2, -0.15) is 26.3 Å². The van der Waals surface area contributed by atoms with Crippen molar-refractivity contribution >= 4 is 24.8 Å². The summed E-state index contributed by atoms with van der Waals surface area (Å²) < 4.78 is 93.5. The van der Waals surface area contributed by atoms with E-state index in [4.69, 9.17) is 10.5 Å². The molecule has 0 saturated carbocycles. The Labute approximate surface area is 161 Å². The molecule has 0 bridgehead atoms. The molecule has 1 aromatic carbocycles. The normalized spacial score (nSPS) is 12.6. The molecule has 1 aromatic heterocycles. The summed E-state index contributed by atoms with van der Waals surface area (Å²) in [6.45, 7) is -0.337. The van der Waals surface area contributed by atoms with Gasteiger partial charge in [-0.1, -0.05) is 6.07 Å². The third-order valence-electron chi connectivity index (χ3n) is 3.18. The van der Waals surface area contributed by atoms with E-state index in [9.17, 15) is 30.7 Å². The van der Waals surface area contributed by atoms with Crippen LogP contribution in [0.25, 0.3) is 0 Å². The maximum atomic E-state index is 13.2. The van der Waals surface area contributed by atoms with Gasteiger partial charge in [-0.25, -0.2) is 9.37 Å². The van der Waals surface area contributed by atoms with Gasteiger partial charge in [0.15, 0.2) is 0 Å². The molecule has 0 aliphatic heterocycles. The fourth-order valence-electron chi connectivity index (χ4n) is 1.91. The first-order valence-electron chi connectivity index (χ1n) is 6.77. The number of halogens is 9. The molecule has 0 spiro atoms. The highest BCUT2D eigenvalue weighted by atomic mass is 35.5. The van der Waals surface area contributed by atoms with Crippen molar-refractivity contribution in [3.63, 3.8) is 0 Å². The molecule has 0 aliphatic carbocycles. The van der Waals surface area contributed by atoms with Crippen molar-refractivity contribution in [2.75, 3.05) is 6.61 Å². The van der Waals surface area contributed by atoms with Gasteiger partial charge in [0.25, 0.3) is 0 Å². The first-order valence-corrected chi connectivity index (χ1v) is 6.77. The lowest BCUT2D eigenvalue weighted by atomic mass is 10.0. The first-order chi connectivity index (χ1) is 11.5. The number of ether oxygens (including phenoxy) is 1. The maximum Gasteiger partial charge on any atom is 0.433 e. The monoisotopic (exact) mass is 440 g/mol. The number of hydrogen-bond acceptors (Lipinski definition) is 3. The molecule has 12 heteroatoms. The summed E-state index contributed by atoms with van der Waals surface area (Å²) in [4.78, 5) is 3.17. The SMILES string of the molecule is Cl.Cl.NC(COc1ccc(C(F)(F)F)nc1)c1ccc(F)c(C(F)(F)F)c1. The van der Waals surface area contributed by atoms with Crippen LogP contribution in [0.4, 0.5) is 30.7 Å². The molecule has 2 rings (SSSR count). The average Bonchev–Trinajstić information content (AvgIpc) is 2.51. The minimum Gasteiger partial charge on any atom is -0.490 e. The topological polar surface area (TPSA) is 48.1 Å². The number of pyridine rings is 1. The van der Waals surface area contributed by atoms with Crippen molar-refractivity contribution in [2.24, 2.45) is 5.73 Å². The van der Waals surface area contributed by atoms with Crippen LogP contribution in [0, 0.1) is 5.82 Å². The van der Waals surface area contributed by atoms with Gasteiger partial charge in [-0.15, -0.1) is 24.8 Å². The van der Waals surface area contributed by atoms with Crippen molar-refractivity contribution in [3.05, 3.63) is 59.2 Å². The molecule has 0 fully saturated rings. The third-order valence-corrected chi connectivity index (χ3v) is 3.18. The van der Waals surface area contributed by atoms with Crippen molar-refractivity contribution in [2.45, 2.75) is 18.4 Å². The van der Waals surface area contributed by atoms with Crippen molar-refractivity contribution in [1.82, 2.24) is 4.98 Å². The summed E-state index contributed by atoms with van der Waals surface area (Å²) in [7, 11) is 0. The van der Waals surface area contributed by atoms with E-state index in [1.165, 1.54) is 0 Å². The summed E-state index contributed by atoms with van der Waals surface area (Å²) in [5.74, 6) is -1.47. The second-order valence-electron chi connectivity index (χ2n) is 5.03. The van der Waals surface area contributed by atoms with E-state index in [1.807, 2.05) is 0 Å².